The molecule has 0 radical (unpaired) electrons. The molecule has 0 spiro atoms. The monoisotopic (exact) mass is 368 g/mol. The van der Waals surface area contributed by atoms with Crippen LogP contribution >= 0.6 is 0 Å². The van der Waals surface area contributed by atoms with Crippen molar-refractivity contribution in [3.05, 3.63) is 47.2 Å². The first-order valence-corrected chi connectivity index (χ1v) is 13.4. The highest BCUT2D eigenvalue weighted by Crippen LogP contribution is 2.27. The molecule has 26 heavy (non-hydrogen) atoms. The maximum Gasteiger partial charge on any atom is 0.212 e. The van der Waals surface area contributed by atoms with Crippen LogP contribution < -0.4 is 9.75 Å². The summed E-state index contributed by atoms with van der Waals surface area (Å²) in [4.78, 5) is 0. The van der Waals surface area contributed by atoms with Gasteiger partial charge in [-0.3, -0.25) is 0 Å². The van der Waals surface area contributed by atoms with E-state index in [-0.39, 0.29) is 0 Å². The molecule has 2 heteroatoms. The molecule has 142 valence electrons. The van der Waals surface area contributed by atoms with Gasteiger partial charge in [-0.15, -0.1) is 0 Å². The van der Waals surface area contributed by atoms with Gasteiger partial charge >= 0.3 is 0 Å². The molecule has 1 heterocycles. The van der Waals surface area contributed by atoms with E-state index in [1.165, 1.54) is 27.9 Å². The molecule has 1 nitrogen and oxygen atoms in total. The van der Waals surface area contributed by atoms with Crippen molar-refractivity contribution in [2.24, 2.45) is 12.5 Å². The highest BCUT2D eigenvalue weighted by atomic mass is 28.3. The fraction of sp³-hybridized carbons (Fsp3) is 0.542. The third-order valence-corrected chi connectivity index (χ3v) is 7.17. The first-order chi connectivity index (χ1) is 11.8. The van der Waals surface area contributed by atoms with Gasteiger partial charge in [0.1, 0.15) is 7.05 Å². The zero-order valence-corrected chi connectivity index (χ0v) is 19.6. The van der Waals surface area contributed by atoms with Crippen LogP contribution in [0.25, 0.3) is 11.3 Å². The van der Waals surface area contributed by atoms with Gasteiger partial charge in [0.2, 0.25) is 5.69 Å². The third-order valence-electron chi connectivity index (χ3n) is 5.09. The fourth-order valence-corrected chi connectivity index (χ4v) is 5.34. The van der Waals surface area contributed by atoms with Gasteiger partial charge in [0.15, 0.2) is 6.20 Å². The molecule has 0 aliphatic rings. The zero-order chi connectivity index (χ0) is 19.9. The Kier molecular flexibility index (Phi) is 5.87. The van der Waals surface area contributed by atoms with Gasteiger partial charge in [0.25, 0.3) is 0 Å². The Hall–Kier alpha value is -1.41. The summed E-state index contributed by atoms with van der Waals surface area (Å²) >= 11 is 0. The van der Waals surface area contributed by atoms with E-state index in [0.717, 1.165) is 6.42 Å². The van der Waals surface area contributed by atoms with E-state index >= 15 is 0 Å². The van der Waals surface area contributed by atoms with E-state index in [4.69, 9.17) is 0 Å². The Morgan fingerprint density at radius 3 is 2.15 bits per heavy atom. The predicted molar refractivity (Wildman–Crippen MR) is 118 cm³/mol. The molecular formula is C24H38NSi+. The van der Waals surface area contributed by atoms with E-state index < -0.39 is 8.07 Å². The minimum absolute atomic E-state index is 0.302. The van der Waals surface area contributed by atoms with Crippen LogP contribution in [-0.2, 0) is 13.5 Å². The fourth-order valence-electron chi connectivity index (χ4n) is 3.66. The summed E-state index contributed by atoms with van der Waals surface area (Å²) in [7, 11) is 0.774. The molecule has 0 unspecified atom stereocenters. The van der Waals surface area contributed by atoms with Gasteiger partial charge in [0, 0.05) is 17.2 Å². The number of rotatable bonds is 4. The smallest absolute Gasteiger partial charge is 0.201 e. The molecule has 0 N–H and O–H groups in total. The molecule has 0 aliphatic heterocycles. The second kappa shape index (κ2) is 7.30. The standard InChI is InChI=1S/C24H38NSi/c1-17(2)19-12-11-18(3)21(13-19)22-14-23(26(8,9)10)20(16-25(22)7)15-24(4,5)6/h11-14,16-17H,15H2,1-10H3/q+1. The number of pyridine rings is 1. The van der Waals surface area contributed by atoms with Crippen LogP contribution in [0.15, 0.2) is 30.5 Å². The van der Waals surface area contributed by atoms with Crippen LogP contribution in [0.1, 0.15) is 57.2 Å². The predicted octanol–water partition coefficient (Wildman–Crippen LogP) is 5.74. The lowest BCUT2D eigenvalue weighted by atomic mass is 9.88. The summed E-state index contributed by atoms with van der Waals surface area (Å²) in [6, 6.07) is 9.45. The van der Waals surface area contributed by atoms with E-state index in [2.05, 4.69) is 103 Å². The van der Waals surface area contributed by atoms with Crippen molar-refractivity contribution in [2.75, 3.05) is 0 Å². The first-order valence-electron chi connectivity index (χ1n) is 9.93. The lowest BCUT2D eigenvalue weighted by Gasteiger charge is -2.25. The number of nitrogens with zero attached hydrogens (tertiary/aromatic N) is 1. The number of hydrogen-bond acceptors (Lipinski definition) is 0. The topological polar surface area (TPSA) is 3.88 Å². The van der Waals surface area contributed by atoms with Crippen molar-refractivity contribution in [2.45, 2.75) is 73.5 Å². The van der Waals surface area contributed by atoms with Crippen LogP contribution in [0.5, 0.6) is 0 Å². The van der Waals surface area contributed by atoms with Crippen LogP contribution in [-0.4, -0.2) is 8.07 Å². The number of hydrogen-bond donors (Lipinski definition) is 0. The number of benzene rings is 1. The molecule has 2 aromatic rings. The molecule has 0 aliphatic carbocycles. The summed E-state index contributed by atoms with van der Waals surface area (Å²) in [5.74, 6) is 0.552. The van der Waals surface area contributed by atoms with Crippen molar-refractivity contribution < 1.29 is 4.57 Å². The number of aryl methyl sites for hydroxylation is 2. The van der Waals surface area contributed by atoms with Crippen molar-refractivity contribution >= 4 is 13.3 Å². The molecule has 1 aromatic carbocycles. The van der Waals surface area contributed by atoms with Gasteiger partial charge in [-0.05, 0) is 47.1 Å². The highest BCUT2D eigenvalue weighted by molar-refractivity contribution is 6.89. The van der Waals surface area contributed by atoms with Crippen LogP contribution in [0, 0.1) is 12.3 Å². The molecule has 0 amide bonds. The average Bonchev–Trinajstić information content (AvgIpc) is 2.45. The zero-order valence-electron chi connectivity index (χ0n) is 18.6. The Morgan fingerprint density at radius 2 is 1.65 bits per heavy atom. The number of aromatic nitrogens is 1. The van der Waals surface area contributed by atoms with Gasteiger partial charge in [0.05, 0.1) is 8.07 Å². The largest absolute Gasteiger partial charge is 0.212 e. The Balaban J connectivity index is 2.70. The minimum atomic E-state index is -1.43. The van der Waals surface area contributed by atoms with Gasteiger partial charge < -0.3 is 0 Å². The van der Waals surface area contributed by atoms with Gasteiger partial charge in [-0.2, -0.15) is 0 Å². The summed E-state index contributed by atoms with van der Waals surface area (Å²) in [5, 5.41) is 1.61. The quantitative estimate of drug-likeness (QED) is 0.478. The maximum atomic E-state index is 2.50. The minimum Gasteiger partial charge on any atom is -0.201 e. The molecule has 0 saturated heterocycles. The van der Waals surface area contributed by atoms with E-state index in [0.29, 0.717) is 11.3 Å². The van der Waals surface area contributed by atoms with E-state index in [9.17, 15) is 0 Å². The maximum absolute atomic E-state index is 2.50. The molecule has 0 bridgehead atoms. The van der Waals surface area contributed by atoms with E-state index in [1.807, 2.05) is 0 Å². The summed E-state index contributed by atoms with van der Waals surface area (Å²) < 4.78 is 2.34. The summed E-state index contributed by atoms with van der Waals surface area (Å²) in [6.07, 6.45) is 3.53. The summed E-state index contributed by atoms with van der Waals surface area (Å²) in [5.41, 5.74) is 7.33. The molecule has 0 saturated carbocycles. The van der Waals surface area contributed by atoms with Crippen molar-refractivity contribution in [3.63, 3.8) is 0 Å². The Labute approximate surface area is 162 Å². The third kappa shape index (κ3) is 4.85. The lowest BCUT2D eigenvalue weighted by molar-refractivity contribution is -0.660. The first kappa shape index (κ1) is 20.9. The van der Waals surface area contributed by atoms with Gasteiger partial charge in [-0.1, -0.05) is 66.4 Å². The average molecular weight is 369 g/mol. The normalized spacial score (nSPS) is 12.7. The lowest BCUT2D eigenvalue weighted by Crippen LogP contribution is -2.45. The van der Waals surface area contributed by atoms with Crippen molar-refractivity contribution in [1.82, 2.24) is 0 Å². The molecule has 1 aromatic heterocycles. The molecular weight excluding hydrogens is 330 g/mol. The Bertz CT molecular complexity index is 789. The Morgan fingerprint density at radius 1 is 1.04 bits per heavy atom. The highest BCUT2D eigenvalue weighted by Gasteiger charge is 2.28. The van der Waals surface area contributed by atoms with Gasteiger partial charge in [-0.25, -0.2) is 4.57 Å². The molecule has 0 atom stereocenters. The SMILES string of the molecule is Cc1ccc(C(C)C)cc1-c1cc([Si](C)(C)C)c(CC(C)(C)C)c[n+]1C. The van der Waals surface area contributed by atoms with E-state index in [1.54, 1.807) is 5.19 Å². The van der Waals surface area contributed by atoms with Crippen LogP contribution in [0.4, 0.5) is 0 Å². The molecule has 2 rings (SSSR count). The van der Waals surface area contributed by atoms with Crippen LogP contribution in [0.2, 0.25) is 19.6 Å². The molecule has 0 fully saturated rings. The van der Waals surface area contributed by atoms with Crippen molar-refractivity contribution in [1.29, 1.82) is 0 Å². The van der Waals surface area contributed by atoms with Crippen LogP contribution in [0.3, 0.4) is 0 Å². The van der Waals surface area contributed by atoms with Crippen molar-refractivity contribution in [3.8, 4) is 11.3 Å². The second-order valence-electron chi connectivity index (χ2n) is 10.4. The second-order valence-corrected chi connectivity index (χ2v) is 15.5. The summed E-state index contributed by atoms with van der Waals surface area (Å²) in [6.45, 7) is 21.2.